The van der Waals surface area contributed by atoms with E-state index in [1.54, 1.807) is 46.5 Å². The number of carbonyl (C=O) groups is 3. The first-order valence-electron chi connectivity index (χ1n) is 18.4. The lowest BCUT2D eigenvalue weighted by Gasteiger charge is -2.30. The number of para-hydroxylation sites is 2. The number of amides is 4. The summed E-state index contributed by atoms with van der Waals surface area (Å²) in [5.74, 6) is 1.76. The molecule has 2 aliphatic carbocycles. The SMILES string of the molecule is CC(=O)OC1CCC(Nc2ncc3c(n2)NC(=O)N(c2ccccc2Cl)C3)CC1.O=C1Nc2nc(NC3CCC(O)CC3)ncc2CN1c1ccccc1Cl. The molecule has 2 fully saturated rings. The minimum absolute atomic E-state index is 0.00918. The van der Waals surface area contributed by atoms with Gasteiger partial charge < -0.3 is 20.5 Å². The minimum atomic E-state index is -0.280. The first kappa shape index (κ1) is 38.0. The van der Waals surface area contributed by atoms with Crippen LogP contribution in [0.3, 0.4) is 0 Å². The summed E-state index contributed by atoms with van der Waals surface area (Å²) in [7, 11) is 0. The fourth-order valence-electron chi connectivity index (χ4n) is 7.10. The maximum absolute atomic E-state index is 12.6. The van der Waals surface area contributed by atoms with E-state index in [9.17, 15) is 19.5 Å². The van der Waals surface area contributed by atoms with Gasteiger partial charge in [0.25, 0.3) is 0 Å². The van der Waals surface area contributed by atoms with Crippen LogP contribution in [-0.2, 0) is 22.6 Å². The highest BCUT2D eigenvalue weighted by molar-refractivity contribution is 6.34. The predicted molar refractivity (Wildman–Crippen MR) is 211 cm³/mol. The van der Waals surface area contributed by atoms with E-state index < -0.39 is 0 Å². The molecule has 55 heavy (non-hydrogen) atoms. The molecule has 4 amide bonds. The predicted octanol–water partition coefficient (Wildman–Crippen LogP) is 7.37. The first-order chi connectivity index (χ1) is 26.6. The molecule has 15 nitrogen and oxygen atoms in total. The Labute approximate surface area is 328 Å². The topological polar surface area (TPSA) is 187 Å². The highest BCUT2D eigenvalue weighted by Gasteiger charge is 2.30. The van der Waals surface area contributed by atoms with Crippen molar-refractivity contribution < 1.29 is 24.2 Å². The van der Waals surface area contributed by atoms with Gasteiger partial charge in [0, 0.05) is 42.5 Å². The highest BCUT2D eigenvalue weighted by Crippen LogP contribution is 2.33. The summed E-state index contributed by atoms with van der Waals surface area (Å²) >= 11 is 12.4. The number of halogens is 2. The maximum atomic E-state index is 12.6. The molecule has 17 heteroatoms. The number of esters is 1. The molecule has 0 saturated heterocycles. The molecular weight excluding hydrogens is 747 g/mol. The van der Waals surface area contributed by atoms with Crippen molar-refractivity contribution in [1.29, 1.82) is 0 Å². The normalized spacial score (nSPS) is 21.8. The molecule has 288 valence electrons. The van der Waals surface area contributed by atoms with Crippen molar-refractivity contribution in [2.45, 2.75) is 95.7 Å². The van der Waals surface area contributed by atoms with E-state index in [0.29, 0.717) is 58.0 Å². The molecule has 2 aromatic carbocycles. The number of hydrogen-bond donors (Lipinski definition) is 5. The lowest BCUT2D eigenvalue weighted by atomic mass is 9.93. The van der Waals surface area contributed by atoms with E-state index in [-0.39, 0.29) is 42.3 Å². The second kappa shape index (κ2) is 17.0. The number of ether oxygens (including phenoxy) is 1. The zero-order chi connectivity index (χ0) is 38.5. The van der Waals surface area contributed by atoms with E-state index in [0.717, 1.165) is 62.5 Å². The third-order valence-corrected chi connectivity index (χ3v) is 10.6. The summed E-state index contributed by atoms with van der Waals surface area (Å²) in [6.07, 6.45) is 9.93. The molecule has 0 radical (unpaired) electrons. The number of anilines is 6. The first-order valence-corrected chi connectivity index (χ1v) is 19.1. The third kappa shape index (κ3) is 9.35. The van der Waals surface area contributed by atoms with E-state index in [1.807, 2.05) is 24.3 Å². The Balaban J connectivity index is 0.000000170. The summed E-state index contributed by atoms with van der Waals surface area (Å²) in [4.78, 5) is 57.0. The zero-order valence-electron chi connectivity index (χ0n) is 30.2. The third-order valence-electron chi connectivity index (χ3n) is 9.98. The van der Waals surface area contributed by atoms with Gasteiger partial charge in [0.1, 0.15) is 17.7 Å². The van der Waals surface area contributed by atoms with Crippen molar-refractivity contribution in [3.05, 3.63) is 82.1 Å². The molecule has 0 spiro atoms. The van der Waals surface area contributed by atoms with Crippen LogP contribution in [0.2, 0.25) is 10.0 Å². The number of hydrogen-bond acceptors (Lipinski definition) is 11. The number of aromatic nitrogens is 4. The Bertz CT molecular complexity index is 2040. The van der Waals surface area contributed by atoms with Gasteiger partial charge in [-0.25, -0.2) is 19.6 Å². The summed E-state index contributed by atoms with van der Waals surface area (Å²) in [5, 5.41) is 22.9. The van der Waals surface area contributed by atoms with Crippen LogP contribution in [0.1, 0.15) is 69.4 Å². The van der Waals surface area contributed by atoms with Crippen LogP contribution in [0, 0.1) is 0 Å². The van der Waals surface area contributed by atoms with E-state index >= 15 is 0 Å². The highest BCUT2D eigenvalue weighted by atomic mass is 35.5. The van der Waals surface area contributed by atoms with Crippen molar-refractivity contribution >= 4 is 76.1 Å². The Morgan fingerprint density at radius 2 is 1.16 bits per heavy atom. The van der Waals surface area contributed by atoms with Crippen LogP contribution in [0.25, 0.3) is 0 Å². The molecule has 8 rings (SSSR count). The summed E-state index contributed by atoms with van der Waals surface area (Å²) in [6.45, 7) is 2.14. The Hall–Kier alpha value is -5.25. The molecule has 0 atom stereocenters. The molecule has 2 saturated carbocycles. The van der Waals surface area contributed by atoms with Gasteiger partial charge in [-0.1, -0.05) is 47.5 Å². The fourth-order valence-corrected chi connectivity index (χ4v) is 7.57. The number of rotatable bonds is 7. The van der Waals surface area contributed by atoms with E-state index in [4.69, 9.17) is 27.9 Å². The lowest BCUT2D eigenvalue weighted by molar-refractivity contribution is -0.147. The number of nitrogens with zero attached hydrogens (tertiary/aromatic N) is 6. The molecule has 5 N–H and O–H groups in total. The quantitative estimate of drug-likeness (QED) is 0.118. The van der Waals surface area contributed by atoms with Gasteiger partial charge in [-0.2, -0.15) is 9.97 Å². The van der Waals surface area contributed by atoms with Gasteiger partial charge in [0.15, 0.2) is 0 Å². The Morgan fingerprint density at radius 1 is 0.727 bits per heavy atom. The van der Waals surface area contributed by atoms with Crippen molar-refractivity contribution in [3.8, 4) is 0 Å². The van der Waals surface area contributed by atoms with Gasteiger partial charge in [-0.3, -0.25) is 25.2 Å². The number of fused-ring (bicyclic) bond motifs is 2. The molecule has 0 unspecified atom stereocenters. The summed E-state index contributed by atoms with van der Waals surface area (Å²) in [5.41, 5.74) is 2.94. The number of benzene rings is 2. The standard InChI is InChI=1S/C20H22ClN5O3.C18H20ClN5O2/c1-12(27)29-15-8-6-14(7-9-15)23-19-22-10-13-11-26(20(28)25-18(13)24-19)17-5-3-2-4-16(17)21;19-14-3-1-2-4-15(14)24-10-11-9-20-17(22-16(11)23-18(24)26)21-12-5-7-13(25)8-6-12/h2-5,10,14-15H,6-9,11H2,1H3,(H2,22,23,24,25,28);1-4,9,12-13,25H,5-8,10H2,(H2,20,21,22,23,26). The molecule has 4 aromatic rings. The molecule has 4 aliphatic rings. The number of nitrogens with one attached hydrogen (secondary N) is 4. The second-order valence-corrected chi connectivity index (χ2v) is 14.8. The van der Waals surface area contributed by atoms with Crippen molar-refractivity contribution in [1.82, 2.24) is 19.9 Å². The van der Waals surface area contributed by atoms with E-state index in [1.165, 1.54) is 6.92 Å². The largest absolute Gasteiger partial charge is 0.463 e. The average Bonchev–Trinajstić information content (AvgIpc) is 3.17. The fraction of sp³-hybridized carbons (Fsp3) is 0.395. The minimum Gasteiger partial charge on any atom is -0.463 e. The summed E-state index contributed by atoms with van der Waals surface area (Å²) in [6, 6.07) is 14.3. The van der Waals surface area contributed by atoms with Gasteiger partial charge in [0.2, 0.25) is 11.9 Å². The van der Waals surface area contributed by atoms with Crippen LogP contribution in [0.5, 0.6) is 0 Å². The number of carbonyl (C=O) groups excluding carboxylic acids is 3. The van der Waals surface area contributed by atoms with Crippen molar-refractivity contribution in [2.24, 2.45) is 0 Å². The number of aliphatic hydroxyl groups excluding tert-OH is 1. The van der Waals surface area contributed by atoms with E-state index in [2.05, 4.69) is 41.2 Å². The maximum Gasteiger partial charge on any atom is 0.327 e. The second-order valence-electron chi connectivity index (χ2n) is 13.9. The average molecular weight is 790 g/mol. The monoisotopic (exact) mass is 788 g/mol. The van der Waals surface area contributed by atoms with Crippen LogP contribution in [0.15, 0.2) is 60.9 Å². The molecule has 0 bridgehead atoms. The van der Waals surface area contributed by atoms with Crippen LogP contribution in [0.4, 0.5) is 44.5 Å². The Morgan fingerprint density at radius 3 is 1.60 bits per heavy atom. The number of aliphatic hydroxyl groups is 1. The molecule has 2 aromatic heterocycles. The van der Waals surface area contributed by atoms with Gasteiger partial charge in [-0.05, 0) is 75.6 Å². The molecule has 2 aliphatic heterocycles. The number of urea groups is 2. The lowest BCUT2D eigenvalue weighted by Crippen LogP contribution is -2.39. The van der Waals surface area contributed by atoms with Crippen molar-refractivity contribution in [2.75, 3.05) is 31.1 Å². The summed E-state index contributed by atoms with van der Waals surface area (Å²) < 4.78 is 5.27. The van der Waals surface area contributed by atoms with Crippen LogP contribution in [-0.4, -0.2) is 67.4 Å². The van der Waals surface area contributed by atoms with Gasteiger partial charge in [-0.15, -0.1) is 0 Å². The van der Waals surface area contributed by atoms with Crippen LogP contribution >= 0.6 is 23.2 Å². The smallest absolute Gasteiger partial charge is 0.327 e. The van der Waals surface area contributed by atoms with Crippen LogP contribution < -0.4 is 31.1 Å². The van der Waals surface area contributed by atoms with Gasteiger partial charge >= 0.3 is 18.0 Å². The van der Waals surface area contributed by atoms with Crippen molar-refractivity contribution in [3.63, 3.8) is 0 Å². The zero-order valence-corrected chi connectivity index (χ0v) is 31.7. The molecular formula is C38H42Cl2N10O5. The van der Waals surface area contributed by atoms with Gasteiger partial charge in [0.05, 0.1) is 40.6 Å². The molecule has 4 heterocycles. The Kier molecular flexibility index (Phi) is 11.8.